The molecular formula is C12H9BrClFN2. The standard InChI is InChI=1S/C12H9BrClFN2/c1-2-12-16-10(6-11(13)17-12)8-4-3-7(15)5-9(8)14/h3-6H,2H2,1H3. The second kappa shape index (κ2) is 5.10. The minimum absolute atomic E-state index is 0.345. The monoisotopic (exact) mass is 314 g/mol. The van der Waals surface area contributed by atoms with Crippen LogP contribution in [0.25, 0.3) is 11.3 Å². The van der Waals surface area contributed by atoms with Gasteiger partial charge in [0, 0.05) is 12.0 Å². The first-order valence-electron chi connectivity index (χ1n) is 5.09. The van der Waals surface area contributed by atoms with Crippen LogP contribution >= 0.6 is 27.5 Å². The highest BCUT2D eigenvalue weighted by molar-refractivity contribution is 9.10. The lowest BCUT2D eigenvalue weighted by molar-refractivity contribution is 0.628. The van der Waals surface area contributed by atoms with Gasteiger partial charge in [-0.3, -0.25) is 0 Å². The van der Waals surface area contributed by atoms with Gasteiger partial charge in [-0.1, -0.05) is 18.5 Å². The molecule has 1 heterocycles. The first kappa shape index (κ1) is 12.5. The van der Waals surface area contributed by atoms with E-state index in [1.807, 2.05) is 6.92 Å². The Morgan fingerprint density at radius 3 is 2.71 bits per heavy atom. The SMILES string of the molecule is CCc1nc(Br)cc(-c2ccc(F)cc2Cl)n1. The lowest BCUT2D eigenvalue weighted by Gasteiger charge is -2.06. The molecule has 0 aliphatic heterocycles. The molecule has 0 saturated carbocycles. The van der Waals surface area contributed by atoms with Crippen LogP contribution in [0.5, 0.6) is 0 Å². The maximum atomic E-state index is 13.0. The maximum Gasteiger partial charge on any atom is 0.130 e. The molecule has 0 spiro atoms. The Morgan fingerprint density at radius 2 is 2.06 bits per heavy atom. The number of hydrogen-bond acceptors (Lipinski definition) is 2. The van der Waals surface area contributed by atoms with Gasteiger partial charge in [0.1, 0.15) is 16.2 Å². The van der Waals surface area contributed by atoms with E-state index in [-0.39, 0.29) is 5.82 Å². The zero-order valence-corrected chi connectivity index (χ0v) is 11.4. The summed E-state index contributed by atoms with van der Waals surface area (Å²) in [5, 5.41) is 0.345. The van der Waals surface area contributed by atoms with Gasteiger partial charge in [0.15, 0.2) is 0 Å². The van der Waals surface area contributed by atoms with Gasteiger partial charge in [0.2, 0.25) is 0 Å². The largest absolute Gasteiger partial charge is 0.233 e. The molecule has 0 unspecified atom stereocenters. The predicted octanol–water partition coefficient (Wildman–Crippen LogP) is 4.26. The number of nitrogens with zero attached hydrogens (tertiary/aromatic N) is 2. The Kier molecular flexibility index (Phi) is 3.74. The molecule has 0 atom stereocenters. The molecule has 0 amide bonds. The van der Waals surface area contributed by atoms with Gasteiger partial charge >= 0.3 is 0 Å². The maximum absolute atomic E-state index is 13.0. The molecule has 5 heteroatoms. The molecule has 0 aliphatic rings. The summed E-state index contributed by atoms with van der Waals surface area (Å²) in [7, 11) is 0. The zero-order chi connectivity index (χ0) is 12.4. The number of aryl methyl sites for hydroxylation is 1. The first-order chi connectivity index (χ1) is 8.10. The molecule has 0 saturated heterocycles. The highest BCUT2D eigenvalue weighted by atomic mass is 79.9. The fraction of sp³-hybridized carbons (Fsp3) is 0.167. The summed E-state index contributed by atoms with van der Waals surface area (Å²) in [5.74, 6) is 0.359. The smallest absolute Gasteiger partial charge is 0.130 e. The Bertz CT molecular complexity index is 560. The van der Waals surface area contributed by atoms with Crippen molar-refractivity contribution < 1.29 is 4.39 Å². The molecule has 17 heavy (non-hydrogen) atoms. The summed E-state index contributed by atoms with van der Waals surface area (Å²) in [4.78, 5) is 8.58. The van der Waals surface area contributed by atoms with Gasteiger partial charge in [-0.15, -0.1) is 0 Å². The summed E-state index contributed by atoms with van der Waals surface area (Å²) in [6.07, 6.45) is 0.727. The van der Waals surface area contributed by atoms with Crippen molar-refractivity contribution in [1.82, 2.24) is 9.97 Å². The normalized spacial score (nSPS) is 10.6. The summed E-state index contributed by atoms with van der Waals surface area (Å²) in [6, 6.07) is 6.02. The molecule has 1 aromatic carbocycles. The Hall–Kier alpha value is -1.00. The van der Waals surface area contributed by atoms with Gasteiger partial charge < -0.3 is 0 Å². The highest BCUT2D eigenvalue weighted by Crippen LogP contribution is 2.28. The third kappa shape index (κ3) is 2.82. The van der Waals surface area contributed by atoms with Crippen molar-refractivity contribution in [2.45, 2.75) is 13.3 Å². The van der Waals surface area contributed by atoms with Gasteiger partial charge in [-0.2, -0.15) is 0 Å². The van der Waals surface area contributed by atoms with Crippen LogP contribution in [-0.4, -0.2) is 9.97 Å². The van der Waals surface area contributed by atoms with Crippen LogP contribution in [0, 0.1) is 5.82 Å². The quantitative estimate of drug-likeness (QED) is 0.774. The molecule has 0 N–H and O–H groups in total. The molecule has 0 bridgehead atoms. The molecule has 0 fully saturated rings. The number of benzene rings is 1. The Labute approximate surface area is 112 Å². The molecular weight excluding hydrogens is 307 g/mol. The molecule has 88 valence electrons. The van der Waals surface area contributed by atoms with E-state index in [9.17, 15) is 4.39 Å². The summed E-state index contributed by atoms with van der Waals surface area (Å²) in [6.45, 7) is 1.97. The summed E-state index contributed by atoms with van der Waals surface area (Å²) in [5.41, 5.74) is 1.39. The van der Waals surface area contributed by atoms with Crippen LogP contribution in [-0.2, 0) is 6.42 Å². The van der Waals surface area contributed by atoms with E-state index < -0.39 is 0 Å². The number of hydrogen-bond donors (Lipinski definition) is 0. The Morgan fingerprint density at radius 1 is 1.29 bits per heavy atom. The molecule has 0 radical (unpaired) electrons. The number of halogens is 3. The Balaban J connectivity index is 2.55. The molecule has 0 aliphatic carbocycles. The van der Waals surface area contributed by atoms with E-state index in [4.69, 9.17) is 11.6 Å². The second-order valence-corrected chi connectivity index (χ2v) is 4.69. The van der Waals surface area contributed by atoms with E-state index in [0.29, 0.717) is 20.9 Å². The van der Waals surface area contributed by atoms with E-state index in [1.54, 1.807) is 12.1 Å². The lowest BCUT2D eigenvalue weighted by Crippen LogP contribution is -1.96. The van der Waals surface area contributed by atoms with Crippen molar-refractivity contribution >= 4 is 27.5 Å². The molecule has 2 nitrogen and oxygen atoms in total. The average Bonchev–Trinajstić information content (AvgIpc) is 2.28. The predicted molar refractivity (Wildman–Crippen MR) is 69.5 cm³/mol. The van der Waals surface area contributed by atoms with Crippen molar-refractivity contribution in [3.8, 4) is 11.3 Å². The van der Waals surface area contributed by atoms with E-state index >= 15 is 0 Å². The fourth-order valence-electron chi connectivity index (χ4n) is 1.46. The third-order valence-electron chi connectivity index (χ3n) is 2.26. The summed E-state index contributed by atoms with van der Waals surface area (Å²) >= 11 is 9.32. The van der Waals surface area contributed by atoms with Crippen molar-refractivity contribution in [1.29, 1.82) is 0 Å². The van der Waals surface area contributed by atoms with E-state index in [2.05, 4.69) is 25.9 Å². The molecule has 2 aromatic rings. The number of rotatable bonds is 2. The topological polar surface area (TPSA) is 25.8 Å². The van der Waals surface area contributed by atoms with Crippen LogP contribution in [0.3, 0.4) is 0 Å². The third-order valence-corrected chi connectivity index (χ3v) is 2.98. The highest BCUT2D eigenvalue weighted by Gasteiger charge is 2.08. The van der Waals surface area contributed by atoms with Crippen LogP contribution in [0.2, 0.25) is 5.02 Å². The lowest BCUT2D eigenvalue weighted by atomic mass is 10.1. The van der Waals surface area contributed by atoms with E-state index in [1.165, 1.54) is 12.1 Å². The first-order valence-corrected chi connectivity index (χ1v) is 6.26. The zero-order valence-electron chi connectivity index (χ0n) is 9.04. The second-order valence-electron chi connectivity index (χ2n) is 3.47. The van der Waals surface area contributed by atoms with Gasteiger partial charge in [0.25, 0.3) is 0 Å². The minimum Gasteiger partial charge on any atom is -0.233 e. The van der Waals surface area contributed by atoms with Crippen molar-refractivity contribution in [3.63, 3.8) is 0 Å². The molecule has 1 aromatic heterocycles. The van der Waals surface area contributed by atoms with Crippen molar-refractivity contribution in [3.05, 3.63) is 45.5 Å². The van der Waals surface area contributed by atoms with Crippen LogP contribution in [0.15, 0.2) is 28.9 Å². The average molecular weight is 316 g/mol. The van der Waals surface area contributed by atoms with Crippen LogP contribution in [0.4, 0.5) is 4.39 Å². The van der Waals surface area contributed by atoms with Gasteiger partial charge in [0.05, 0.1) is 10.7 Å². The van der Waals surface area contributed by atoms with Crippen molar-refractivity contribution in [2.75, 3.05) is 0 Å². The van der Waals surface area contributed by atoms with Crippen LogP contribution < -0.4 is 0 Å². The minimum atomic E-state index is -0.359. The van der Waals surface area contributed by atoms with Gasteiger partial charge in [-0.05, 0) is 40.2 Å². The van der Waals surface area contributed by atoms with E-state index in [0.717, 1.165) is 12.2 Å². The van der Waals surface area contributed by atoms with Gasteiger partial charge in [-0.25, -0.2) is 14.4 Å². The number of aromatic nitrogens is 2. The van der Waals surface area contributed by atoms with Crippen molar-refractivity contribution in [2.24, 2.45) is 0 Å². The summed E-state index contributed by atoms with van der Waals surface area (Å²) < 4.78 is 13.7. The fourth-order valence-corrected chi connectivity index (χ4v) is 2.14. The van der Waals surface area contributed by atoms with Crippen LogP contribution in [0.1, 0.15) is 12.7 Å². The molecule has 2 rings (SSSR count).